The van der Waals surface area contributed by atoms with E-state index in [0.29, 0.717) is 17.9 Å². The molecule has 0 radical (unpaired) electrons. The zero-order valence-corrected chi connectivity index (χ0v) is 11.9. The molecule has 22 heavy (non-hydrogen) atoms. The van der Waals surface area contributed by atoms with E-state index in [0.717, 1.165) is 23.9 Å². The Morgan fingerprint density at radius 2 is 2.18 bits per heavy atom. The van der Waals surface area contributed by atoms with Crippen molar-refractivity contribution in [2.24, 2.45) is 5.73 Å². The van der Waals surface area contributed by atoms with Gasteiger partial charge in [0.2, 0.25) is 5.91 Å². The van der Waals surface area contributed by atoms with Crippen LogP contribution in [0, 0.1) is 0 Å². The second-order valence-electron chi connectivity index (χ2n) is 4.88. The van der Waals surface area contributed by atoms with Gasteiger partial charge >= 0.3 is 0 Å². The molecule has 0 bridgehead atoms. The maximum Gasteiger partial charge on any atom is 0.249 e. The summed E-state index contributed by atoms with van der Waals surface area (Å²) in [6.45, 7) is 1.48. The van der Waals surface area contributed by atoms with E-state index in [4.69, 9.17) is 5.73 Å². The number of hydrogen-bond acceptors (Lipinski definition) is 5. The Bertz CT molecular complexity index is 784. The highest BCUT2D eigenvalue weighted by atomic mass is 16.1. The zero-order valence-electron chi connectivity index (χ0n) is 11.9. The molecule has 0 saturated carbocycles. The first-order valence-corrected chi connectivity index (χ1v) is 7.00. The summed E-state index contributed by atoms with van der Waals surface area (Å²) in [4.78, 5) is 20.0. The third kappa shape index (κ3) is 3.03. The summed E-state index contributed by atoms with van der Waals surface area (Å²) in [5.74, 6) is 0.190. The van der Waals surface area contributed by atoms with Gasteiger partial charge in [0, 0.05) is 18.5 Å². The minimum Gasteiger partial charge on any atom is -0.370 e. The van der Waals surface area contributed by atoms with E-state index in [1.54, 1.807) is 17.1 Å². The number of carbonyl (C=O) groups excluding carboxylic acids is 1. The summed E-state index contributed by atoms with van der Waals surface area (Å²) in [5, 5.41) is 8.02. The van der Waals surface area contributed by atoms with Gasteiger partial charge in [-0.1, -0.05) is 18.2 Å². The van der Waals surface area contributed by atoms with Crippen LogP contribution in [-0.2, 0) is 6.54 Å². The molecule has 3 aromatic rings. The second kappa shape index (κ2) is 6.21. The number of nitrogens with two attached hydrogens (primary N) is 1. The molecule has 3 N–H and O–H groups in total. The number of fused-ring (bicyclic) bond motifs is 1. The summed E-state index contributed by atoms with van der Waals surface area (Å²) in [6, 6.07) is 9.15. The van der Waals surface area contributed by atoms with Gasteiger partial charge in [0.1, 0.15) is 18.5 Å². The molecule has 2 aromatic heterocycles. The maximum absolute atomic E-state index is 11.6. The highest BCUT2D eigenvalue weighted by Gasteiger charge is 2.09. The molecule has 0 atom stereocenters. The third-order valence-electron chi connectivity index (χ3n) is 3.32. The number of aryl methyl sites for hydroxylation is 1. The van der Waals surface area contributed by atoms with Crippen LogP contribution in [0.1, 0.15) is 16.8 Å². The van der Waals surface area contributed by atoms with Crippen LogP contribution in [0.4, 0.5) is 5.82 Å². The minimum atomic E-state index is -0.454. The Balaban J connectivity index is 1.72. The molecule has 112 valence electrons. The summed E-state index contributed by atoms with van der Waals surface area (Å²) in [6.07, 6.45) is 4.06. The van der Waals surface area contributed by atoms with Crippen molar-refractivity contribution in [2.75, 3.05) is 11.9 Å². The molecule has 1 amide bonds. The number of para-hydroxylation sites is 1. The number of hydrogen-bond donors (Lipinski definition) is 2. The predicted molar refractivity (Wildman–Crippen MR) is 83.4 cm³/mol. The summed E-state index contributed by atoms with van der Waals surface area (Å²) >= 11 is 0. The normalized spacial score (nSPS) is 10.7. The summed E-state index contributed by atoms with van der Waals surface area (Å²) < 4.78 is 1.77. The number of primary amides is 1. The Morgan fingerprint density at radius 1 is 1.32 bits per heavy atom. The Labute approximate surface area is 127 Å². The van der Waals surface area contributed by atoms with E-state index in [1.165, 1.54) is 6.33 Å². The standard InChI is InChI=1S/C15H16N6O/c16-15(22)12-8-14(20-13-5-2-1-4-11(12)13)18-6-3-7-21-10-17-9-19-21/h1-2,4-5,8-10H,3,6-7H2,(H2,16,22)(H,18,20). The quantitative estimate of drug-likeness (QED) is 0.670. The number of aromatic nitrogens is 4. The average molecular weight is 296 g/mol. The number of rotatable bonds is 6. The second-order valence-corrected chi connectivity index (χ2v) is 4.88. The SMILES string of the molecule is NC(=O)c1cc(NCCCn2cncn2)nc2ccccc12. The van der Waals surface area contributed by atoms with E-state index in [-0.39, 0.29) is 0 Å². The number of amides is 1. The lowest BCUT2D eigenvalue weighted by Crippen LogP contribution is -2.14. The van der Waals surface area contributed by atoms with Gasteiger partial charge in [-0.2, -0.15) is 5.10 Å². The van der Waals surface area contributed by atoms with Crippen LogP contribution >= 0.6 is 0 Å². The first-order chi connectivity index (χ1) is 10.7. The first kappa shape index (κ1) is 14.0. The number of carbonyl (C=O) groups is 1. The summed E-state index contributed by atoms with van der Waals surface area (Å²) in [5.41, 5.74) is 6.68. The number of pyridine rings is 1. The van der Waals surface area contributed by atoms with E-state index < -0.39 is 5.91 Å². The van der Waals surface area contributed by atoms with Crippen molar-refractivity contribution in [2.45, 2.75) is 13.0 Å². The molecular formula is C15H16N6O. The van der Waals surface area contributed by atoms with E-state index in [9.17, 15) is 4.79 Å². The van der Waals surface area contributed by atoms with Gasteiger partial charge < -0.3 is 11.1 Å². The highest BCUT2D eigenvalue weighted by molar-refractivity contribution is 6.06. The summed E-state index contributed by atoms with van der Waals surface area (Å²) in [7, 11) is 0. The number of nitrogens with one attached hydrogen (secondary N) is 1. The van der Waals surface area contributed by atoms with Gasteiger partial charge in [-0.25, -0.2) is 9.97 Å². The molecular weight excluding hydrogens is 280 g/mol. The molecule has 0 spiro atoms. The largest absolute Gasteiger partial charge is 0.370 e. The van der Waals surface area contributed by atoms with Crippen molar-refractivity contribution in [3.8, 4) is 0 Å². The Hall–Kier alpha value is -2.96. The smallest absolute Gasteiger partial charge is 0.249 e. The van der Waals surface area contributed by atoms with E-state index >= 15 is 0 Å². The Morgan fingerprint density at radius 3 is 2.95 bits per heavy atom. The van der Waals surface area contributed by atoms with E-state index in [1.807, 2.05) is 24.3 Å². The van der Waals surface area contributed by atoms with Crippen LogP contribution in [0.2, 0.25) is 0 Å². The first-order valence-electron chi connectivity index (χ1n) is 7.00. The van der Waals surface area contributed by atoms with Gasteiger partial charge in [-0.05, 0) is 18.6 Å². The van der Waals surface area contributed by atoms with Gasteiger partial charge in [0.15, 0.2) is 0 Å². The molecule has 1 aromatic carbocycles. The van der Waals surface area contributed by atoms with Crippen LogP contribution < -0.4 is 11.1 Å². The molecule has 3 rings (SSSR count). The number of nitrogens with zero attached hydrogens (tertiary/aromatic N) is 4. The fourth-order valence-electron chi connectivity index (χ4n) is 2.28. The lowest BCUT2D eigenvalue weighted by atomic mass is 10.1. The van der Waals surface area contributed by atoms with Gasteiger partial charge in [0.05, 0.1) is 11.1 Å². The average Bonchev–Trinajstić information content (AvgIpc) is 3.04. The van der Waals surface area contributed by atoms with Crippen LogP contribution in [0.5, 0.6) is 0 Å². The van der Waals surface area contributed by atoms with Gasteiger partial charge in [-0.3, -0.25) is 9.48 Å². The van der Waals surface area contributed by atoms with Crippen LogP contribution in [0.15, 0.2) is 43.0 Å². The zero-order chi connectivity index (χ0) is 15.4. The van der Waals surface area contributed by atoms with Crippen LogP contribution in [0.3, 0.4) is 0 Å². The van der Waals surface area contributed by atoms with Crippen LogP contribution in [-0.4, -0.2) is 32.2 Å². The van der Waals surface area contributed by atoms with Gasteiger partial charge in [-0.15, -0.1) is 0 Å². The molecule has 0 saturated heterocycles. The molecule has 0 aliphatic rings. The predicted octanol–water partition coefficient (Wildman–Crippen LogP) is 1.43. The maximum atomic E-state index is 11.6. The van der Waals surface area contributed by atoms with Crippen molar-refractivity contribution in [1.29, 1.82) is 0 Å². The van der Waals surface area contributed by atoms with E-state index in [2.05, 4.69) is 20.4 Å². The fourth-order valence-corrected chi connectivity index (χ4v) is 2.28. The lowest BCUT2D eigenvalue weighted by Gasteiger charge is -2.09. The Kier molecular flexibility index (Phi) is 3.95. The monoisotopic (exact) mass is 296 g/mol. The van der Waals surface area contributed by atoms with Crippen LogP contribution in [0.25, 0.3) is 10.9 Å². The topological polar surface area (TPSA) is 98.7 Å². The van der Waals surface area contributed by atoms with Gasteiger partial charge in [0.25, 0.3) is 0 Å². The third-order valence-corrected chi connectivity index (χ3v) is 3.32. The number of anilines is 1. The molecule has 0 unspecified atom stereocenters. The number of benzene rings is 1. The highest BCUT2D eigenvalue weighted by Crippen LogP contribution is 2.20. The fraction of sp³-hybridized carbons (Fsp3) is 0.200. The van der Waals surface area contributed by atoms with Crippen molar-refractivity contribution < 1.29 is 4.79 Å². The van der Waals surface area contributed by atoms with Crippen molar-refractivity contribution in [1.82, 2.24) is 19.7 Å². The molecule has 7 heteroatoms. The van der Waals surface area contributed by atoms with Crippen molar-refractivity contribution in [3.05, 3.63) is 48.5 Å². The molecule has 2 heterocycles. The molecule has 0 fully saturated rings. The van der Waals surface area contributed by atoms with Crippen molar-refractivity contribution in [3.63, 3.8) is 0 Å². The molecule has 7 nitrogen and oxygen atoms in total. The molecule has 0 aliphatic heterocycles. The van der Waals surface area contributed by atoms with Crippen molar-refractivity contribution >= 4 is 22.6 Å². The lowest BCUT2D eigenvalue weighted by molar-refractivity contribution is 0.100. The molecule has 0 aliphatic carbocycles. The minimum absolute atomic E-state index is 0.454.